The molecule has 12 N–H and O–H groups in total. The first-order chi connectivity index (χ1) is 65.7. The van der Waals surface area contributed by atoms with Gasteiger partial charge in [-0.3, -0.25) is 0 Å². The van der Waals surface area contributed by atoms with Gasteiger partial charge >= 0.3 is 0 Å². The van der Waals surface area contributed by atoms with Crippen molar-refractivity contribution in [1.82, 2.24) is 0 Å². The monoisotopic (exact) mass is 1920 g/mol. The Balaban J connectivity index is 0.000000432. The maximum atomic E-state index is 12.0. The van der Waals surface area contributed by atoms with Crippen LogP contribution < -0.4 is 0 Å². The zero-order valence-electron chi connectivity index (χ0n) is 92.9. The van der Waals surface area contributed by atoms with E-state index < -0.39 is 0 Å². The van der Waals surface area contributed by atoms with Crippen LogP contribution >= 0.6 is 0 Å². The lowest BCUT2D eigenvalue weighted by atomic mass is 9.84. The summed E-state index contributed by atoms with van der Waals surface area (Å²) in [6.45, 7) is 53.8. The third-order valence-corrected chi connectivity index (χ3v) is 30.0. The molecule has 6 aromatic carbocycles. The average Bonchev–Trinajstić information content (AvgIpc) is 0.764. The molecule has 6 aromatic rings. The molecule has 12 heteroatoms. The molecule has 0 spiro atoms. The van der Waals surface area contributed by atoms with E-state index in [1.807, 2.05) is 36.4 Å². The molecule has 138 heavy (non-hydrogen) atoms. The first-order valence-corrected chi connectivity index (χ1v) is 57.1. The summed E-state index contributed by atoms with van der Waals surface area (Å²) >= 11 is 0. The van der Waals surface area contributed by atoms with E-state index in [2.05, 4.69) is 166 Å². The van der Waals surface area contributed by atoms with Crippen molar-refractivity contribution in [1.29, 1.82) is 0 Å². The Labute approximate surface area is 845 Å². The molecule has 0 saturated carbocycles. The predicted octanol–water partition coefficient (Wildman–Crippen LogP) is 37.3. The first-order valence-electron chi connectivity index (χ1n) is 57.1. The molecule has 6 atom stereocenters. The molecule has 0 radical (unpaired) electrons. The van der Waals surface area contributed by atoms with Crippen LogP contribution in [0.1, 0.15) is 503 Å². The molecule has 0 bridgehead atoms. The Bertz CT molecular complexity index is 3660. The van der Waals surface area contributed by atoms with Gasteiger partial charge in [-0.1, -0.05) is 359 Å². The fourth-order valence-electron chi connectivity index (χ4n) is 20.7. The van der Waals surface area contributed by atoms with Crippen LogP contribution in [0.4, 0.5) is 0 Å². The minimum absolute atomic E-state index is 0.103. The minimum Gasteiger partial charge on any atom is -0.508 e. The summed E-state index contributed by atoms with van der Waals surface area (Å²) in [7, 11) is 0. The Morgan fingerprint density at radius 1 is 0.152 bits per heavy atom. The van der Waals surface area contributed by atoms with Gasteiger partial charge in [0.15, 0.2) is 0 Å². The molecule has 0 heterocycles. The summed E-state index contributed by atoms with van der Waals surface area (Å²) in [5.74, 6) is 8.70. The van der Waals surface area contributed by atoms with Gasteiger partial charge in [-0.25, -0.2) is 0 Å². The van der Waals surface area contributed by atoms with Gasteiger partial charge < -0.3 is 61.3 Å². The topological polar surface area (TPSA) is 243 Å². The number of benzene rings is 6. The van der Waals surface area contributed by atoms with Crippen LogP contribution in [-0.2, 0) is 77.0 Å². The minimum atomic E-state index is 0.103. The molecule has 0 aliphatic heterocycles. The highest BCUT2D eigenvalue weighted by atomic mass is 16.3. The number of rotatable bonds is 69. The molecule has 0 amide bonds. The number of aromatic hydroxyl groups is 12. The fraction of sp³-hybridized carbons (Fsp3) is 0.714. The SMILES string of the molecule is CCCCCc1cc(O)c(CC[C@@H](C)CCCC(C)C)c(O)c1-c1c(CCCCC)cc(O)c(CC[C@@H](C)CCCC(C)C)c1O.CCCCCc1cc(O)c(CC[C@H](C)CCCC(C)C)c(O)c1-c1c(CCCCC)cc(O)c(CC[C@@H](C)CCCC(C)C)c1O.CCCCCc1cc(O)c(CC[C@H](C)CCCC(C)C)c(O)c1-c1c(CCCCC)cc(O)c(CC[C@H](C)CCCC(C)C)c1O. The van der Waals surface area contributed by atoms with Gasteiger partial charge in [-0.15, -0.1) is 0 Å². The third kappa shape index (κ3) is 43.2. The maximum Gasteiger partial charge on any atom is 0.130 e. The largest absolute Gasteiger partial charge is 0.508 e. The van der Waals surface area contributed by atoms with Crippen molar-refractivity contribution >= 4 is 0 Å². The van der Waals surface area contributed by atoms with Crippen molar-refractivity contribution < 1.29 is 61.3 Å². The number of aryl methyl sites for hydroxylation is 6. The molecule has 786 valence electrons. The van der Waals surface area contributed by atoms with E-state index in [0.29, 0.717) is 215 Å². The van der Waals surface area contributed by atoms with Crippen molar-refractivity contribution in [3.63, 3.8) is 0 Å². The predicted molar refractivity (Wildman–Crippen MR) is 592 cm³/mol. The molecule has 12 nitrogen and oxygen atoms in total. The normalized spacial score (nSPS) is 13.2. The molecular formula is C126H210O12. The summed E-state index contributed by atoms with van der Waals surface area (Å²) in [5.41, 5.74) is 12.7. The van der Waals surface area contributed by atoms with Gasteiger partial charge in [-0.05, 0) is 295 Å². The second-order valence-electron chi connectivity index (χ2n) is 46.1. The average molecular weight is 1920 g/mol. The molecule has 0 saturated heterocycles. The highest BCUT2D eigenvalue weighted by Gasteiger charge is 2.32. The number of phenolic OH excluding ortho intramolecular Hbond substituents is 12. The van der Waals surface area contributed by atoms with Crippen LogP contribution in [0.3, 0.4) is 0 Å². The Morgan fingerprint density at radius 2 is 0.275 bits per heavy atom. The van der Waals surface area contributed by atoms with E-state index in [9.17, 15) is 61.3 Å². The van der Waals surface area contributed by atoms with Gasteiger partial charge in [0.2, 0.25) is 0 Å². The van der Waals surface area contributed by atoms with Gasteiger partial charge in [0.05, 0.1) is 0 Å². The summed E-state index contributed by atoms with van der Waals surface area (Å²) in [4.78, 5) is 0. The number of unbranched alkanes of at least 4 members (excludes halogenated alkanes) is 12. The second-order valence-corrected chi connectivity index (χ2v) is 46.1. The van der Waals surface area contributed by atoms with Gasteiger partial charge in [0.25, 0.3) is 0 Å². The lowest BCUT2D eigenvalue weighted by Gasteiger charge is -2.23. The summed E-state index contributed by atoms with van der Waals surface area (Å²) in [5, 5.41) is 140. The van der Waals surface area contributed by atoms with Crippen LogP contribution in [0.2, 0.25) is 0 Å². The third-order valence-electron chi connectivity index (χ3n) is 30.0. The number of phenols is 12. The van der Waals surface area contributed by atoms with Gasteiger partial charge in [-0.2, -0.15) is 0 Å². The van der Waals surface area contributed by atoms with Crippen molar-refractivity contribution in [3.8, 4) is 102 Å². The lowest BCUT2D eigenvalue weighted by molar-refractivity contribution is 0.410. The maximum absolute atomic E-state index is 12.0. The number of hydrogen-bond acceptors (Lipinski definition) is 12. The summed E-state index contributed by atoms with van der Waals surface area (Å²) in [6.07, 6.45) is 52.9. The highest BCUT2D eigenvalue weighted by molar-refractivity contribution is 5.88. The molecule has 6 rings (SSSR count). The van der Waals surface area contributed by atoms with E-state index in [-0.39, 0.29) is 69.0 Å². The van der Waals surface area contributed by atoms with E-state index in [1.165, 1.54) is 77.0 Å². The standard InChI is InChI=1S/3C42H70O4/c3*1-9-11-13-21-33-27-37(43)35(25-23-31(7)19-15-17-29(3)4)41(45)39(33)40-34(22-14-12-10-2)28-38(44)36(42(40)46)26-24-32(8)20-16-18-30(5)6/h3*27-32,43-46H,9-26H2,1-8H3/t31-,32+;2*31-,32-/m.10/s1. The zero-order valence-corrected chi connectivity index (χ0v) is 92.9. The fourth-order valence-corrected chi connectivity index (χ4v) is 20.7. The molecule has 0 aromatic heterocycles. The second kappa shape index (κ2) is 67.5. The van der Waals surface area contributed by atoms with Crippen LogP contribution in [0, 0.1) is 71.0 Å². The molecule has 0 aliphatic rings. The summed E-state index contributed by atoms with van der Waals surface area (Å²) < 4.78 is 0. The Kier molecular flexibility index (Phi) is 60.2. The van der Waals surface area contributed by atoms with E-state index in [1.54, 1.807) is 0 Å². The van der Waals surface area contributed by atoms with E-state index >= 15 is 0 Å². The van der Waals surface area contributed by atoms with Crippen LogP contribution in [0.5, 0.6) is 69.0 Å². The van der Waals surface area contributed by atoms with E-state index in [4.69, 9.17) is 0 Å². The molecule has 0 aliphatic carbocycles. The zero-order chi connectivity index (χ0) is 103. The summed E-state index contributed by atoms with van der Waals surface area (Å²) in [6, 6.07) is 11.1. The van der Waals surface area contributed by atoms with Crippen molar-refractivity contribution in [2.24, 2.45) is 71.0 Å². The molecular weight excluding hydrogens is 1710 g/mol. The van der Waals surface area contributed by atoms with Crippen molar-refractivity contribution in [2.75, 3.05) is 0 Å². The molecule has 0 fully saturated rings. The van der Waals surface area contributed by atoms with Crippen LogP contribution in [0.15, 0.2) is 36.4 Å². The number of hydrogen-bond donors (Lipinski definition) is 12. The quantitative estimate of drug-likeness (QED) is 0.0160. The first kappa shape index (κ1) is 123. The highest BCUT2D eigenvalue weighted by Crippen LogP contribution is 2.55. The Hall–Kier alpha value is -7.08. The van der Waals surface area contributed by atoms with Crippen LogP contribution in [-0.4, -0.2) is 61.3 Å². The van der Waals surface area contributed by atoms with Crippen molar-refractivity contribution in [2.45, 2.75) is 513 Å². The smallest absolute Gasteiger partial charge is 0.130 e. The molecule has 0 unspecified atom stereocenters. The Morgan fingerprint density at radius 3 is 0.384 bits per heavy atom. The van der Waals surface area contributed by atoms with Gasteiger partial charge in [0, 0.05) is 66.8 Å². The lowest BCUT2D eigenvalue weighted by Crippen LogP contribution is -2.04. The van der Waals surface area contributed by atoms with E-state index in [0.717, 1.165) is 226 Å². The van der Waals surface area contributed by atoms with Crippen LogP contribution in [0.25, 0.3) is 33.4 Å². The van der Waals surface area contributed by atoms with Crippen molar-refractivity contribution in [3.05, 3.63) is 103 Å². The van der Waals surface area contributed by atoms with Gasteiger partial charge in [0.1, 0.15) is 69.0 Å².